The van der Waals surface area contributed by atoms with Crippen LogP contribution in [0.3, 0.4) is 0 Å². The predicted molar refractivity (Wildman–Crippen MR) is 158 cm³/mol. The van der Waals surface area contributed by atoms with Crippen molar-refractivity contribution < 1.29 is 28.6 Å². The van der Waals surface area contributed by atoms with Crippen LogP contribution in [0.2, 0.25) is 0 Å². The number of hydrogen-bond acceptors (Lipinski definition) is 7. The van der Waals surface area contributed by atoms with E-state index in [1.807, 2.05) is 48.5 Å². The van der Waals surface area contributed by atoms with Gasteiger partial charge >= 0.3 is 5.97 Å². The Balaban J connectivity index is 1.33. The van der Waals surface area contributed by atoms with Crippen LogP contribution < -0.4 is 14.8 Å². The van der Waals surface area contributed by atoms with Crippen molar-refractivity contribution in [2.45, 2.75) is 25.3 Å². The molecule has 0 spiro atoms. The first kappa shape index (κ1) is 28.6. The molecule has 0 bridgehead atoms. The third kappa shape index (κ3) is 6.52. The number of methoxy groups -OCH3 is 2. The van der Waals surface area contributed by atoms with Crippen LogP contribution in [0, 0.1) is 5.92 Å². The molecule has 5 rings (SSSR count). The fourth-order valence-electron chi connectivity index (χ4n) is 5.35. The molecule has 9 heteroatoms. The van der Waals surface area contributed by atoms with E-state index in [0.29, 0.717) is 11.3 Å². The first-order valence-electron chi connectivity index (χ1n) is 13.8. The SMILES string of the molecule is COc1ccc(/C=C2/CCC[C@H]3C2=NN(C(=O)COC(=O)CNC(=O)c2ccccc2)[C@@H]3c2ccc(OC)cc2)cc1. The van der Waals surface area contributed by atoms with Crippen molar-refractivity contribution in [2.75, 3.05) is 27.4 Å². The Bertz CT molecular complexity index is 1480. The summed E-state index contributed by atoms with van der Waals surface area (Å²) in [7, 11) is 3.24. The van der Waals surface area contributed by atoms with Gasteiger partial charge in [-0.25, -0.2) is 5.01 Å². The Kier molecular flexibility index (Phi) is 8.96. The molecule has 1 N–H and O–H groups in total. The Labute approximate surface area is 244 Å². The third-order valence-electron chi connectivity index (χ3n) is 7.46. The van der Waals surface area contributed by atoms with Gasteiger partial charge in [-0.3, -0.25) is 14.4 Å². The maximum Gasteiger partial charge on any atom is 0.325 e. The number of benzene rings is 3. The minimum Gasteiger partial charge on any atom is -0.497 e. The first-order valence-corrected chi connectivity index (χ1v) is 13.8. The summed E-state index contributed by atoms with van der Waals surface area (Å²) in [5.74, 6) is -0.0679. The molecule has 0 saturated heterocycles. The number of amides is 2. The average Bonchev–Trinajstić information content (AvgIpc) is 3.44. The van der Waals surface area contributed by atoms with Gasteiger partial charge in [0.2, 0.25) is 0 Å². The van der Waals surface area contributed by atoms with Gasteiger partial charge in [0.1, 0.15) is 18.0 Å². The number of allylic oxidation sites excluding steroid dienone is 1. The molecule has 216 valence electrons. The quantitative estimate of drug-likeness (QED) is 0.373. The van der Waals surface area contributed by atoms with Crippen molar-refractivity contribution in [3.63, 3.8) is 0 Å². The molecule has 1 aliphatic carbocycles. The number of rotatable bonds is 9. The number of nitrogens with one attached hydrogen (secondary N) is 1. The van der Waals surface area contributed by atoms with Crippen molar-refractivity contribution in [2.24, 2.45) is 11.0 Å². The smallest absolute Gasteiger partial charge is 0.325 e. The lowest BCUT2D eigenvalue weighted by Crippen LogP contribution is -2.36. The van der Waals surface area contributed by atoms with E-state index in [1.165, 1.54) is 5.01 Å². The van der Waals surface area contributed by atoms with Crippen LogP contribution in [0.4, 0.5) is 0 Å². The number of ether oxygens (including phenoxy) is 3. The van der Waals surface area contributed by atoms with Crippen LogP contribution in [0.15, 0.2) is 89.5 Å². The zero-order valence-electron chi connectivity index (χ0n) is 23.6. The van der Waals surface area contributed by atoms with E-state index in [0.717, 1.165) is 47.4 Å². The van der Waals surface area contributed by atoms with Crippen LogP contribution in [0.5, 0.6) is 11.5 Å². The molecule has 0 radical (unpaired) electrons. The summed E-state index contributed by atoms with van der Waals surface area (Å²) in [6.45, 7) is -0.845. The summed E-state index contributed by atoms with van der Waals surface area (Å²) in [4.78, 5) is 38.1. The predicted octanol–water partition coefficient (Wildman–Crippen LogP) is 4.80. The third-order valence-corrected chi connectivity index (χ3v) is 7.46. The summed E-state index contributed by atoms with van der Waals surface area (Å²) in [6, 6.07) is 23.6. The van der Waals surface area contributed by atoms with Gasteiger partial charge in [-0.1, -0.05) is 42.5 Å². The Hall–Kier alpha value is -4.92. The number of carbonyl (C=O) groups is 3. The maximum absolute atomic E-state index is 13.5. The lowest BCUT2D eigenvalue weighted by atomic mass is 9.77. The molecule has 3 aromatic rings. The monoisotopic (exact) mass is 567 g/mol. The minimum atomic E-state index is -0.710. The van der Waals surface area contributed by atoms with Crippen molar-refractivity contribution in [1.82, 2.24) is 10.3 Å². The second-order valence-corrected chi connectivity index (χ2v) is 10.1. The van der Waals surface area contributed by atoms with E-state index < -0.39 is 24.4 Å². The van der Waals surface area contributed by atoms with E-state index in [1.54, 1.807) is 44.6 Å². The van der Waals surface area contributed by atoms with Crippen molar-refractivity contribution in [1.29, 1.82) is 0 Å². The number of carbonyl (C=O) groups excluding carboxylic acids is 3. The number of hydrazone groups is 1. The highest BCUT2D eigenvalue weighted by Gasteiger charge is 2.43. The molecule has 9 nitrogen and oxygen atoms in total. The second-order valence-electron chi connectivity index (χ2n) is 10.1. The van der Waals surface area contributed by atoms with Gasteiger partial charge in [0, 0.05) is 11.5 Å². The van der Waals surface area contributed by atoms with E-state index in [9.17, 15) is 14.4 Å². The van der Waals surface area contributed by atoms with E-state index >= 15 is 0 Å². The Morgan fingerprint density at radius 3 is 2.26 bits per heavy atom. The second kappa shape index (κ2) is 13.2. The summed E-state index contributed by atoms with van der Waals surface area (Å²) >= 11 is 0. The lowest BCUT2D eigenvalue weighted by molar-refractivity contribution is -0.152. The van der Waals surface area contributed by atoms with Gasteiger partial charge in [-0.15, -0.1) is 0 Å². The van der Waals surface area contributed by atoms with Crippen molar-refractivity contribution in [3.8, 4) is 11.5 Å². The maximum atomic E-state index is 13.5. The average molecular weight is 568 g/mol. The van der Waals surface area contributed by atoms with Crippen LogP contribution in [-0.4, -0.2) is 55.9 Å². The molecule has 0 unspecified atom stereocenters. The van der Waals surface area contributed by atoms with Gasteiger partial charge < -0.3 is 19.5 Å². The molecule has 1 aliphatic heterocycles. The van der Waals surface area contributed by atoms with E-state index in [4.69, 9.17) is 19.3 Å². The zero-order chi connectivity index (χ0) is 29.5. The molecule has 2 atom stereocenters. The molecule has 1 heterocycles. The fourth-order valence-corrected chi connectivity index (χ4v) is 5.35. The number of esters is 1. The van der Waals surface area contributed by atoms with Gasteiger partial charge in [0.05, 0.1) is 26.0 Å². The van der Waals surface area contributed by atoms with Crippen molar-refractivity contribution in [3.05, 3.63) is 101 Å². The molecular formula is C33H33N3O6. The normalized spacial score (nSPS) is 18.6. The van der Waals surface area contributed by atoms with Crippen LogP contribution in [-0.2, 0) is 14.3 Å². The van der Waals surface area contributed by atoms with Crippen LogP contribution in [0.1, 0.15) is 46.8 Å². The van der Waals surface area contributed by atoms with Gasteiger partial charge in [0.15, 0.2) is 6.61 Å². The van der Waals surface area contributed by atoms with E-state index in [2.05, 4.69) is 11.4 Å². The molecule has 42 heavy (non-hydrogen) atoms. The number of hydrogen-bond donors (Lipinski definition) is 1. The molecule has 0 aromatic heterocycles. The standard InChI is InChI=1S/C33H33N3O6/c1-40-26-15-11-22(12-16-26)19-25-9-6-10-28-31(25)35-36(32(28)23-13-17-27(41-2)18-14-23)29(37)21-42-30(38)20-34-33(39)24-7-4-3-5-8-24/h3-5,7-8,11-19,28,32H,6,9-10,20-21H2,1-2H3,(H,34,39)/b25-19-/t28-,32+/m0/s1. The Morgan fingerprint density at radius 2 is 1.60 bits per heavy atom. The zero-order valence-corrected chi connectivity index (χ0v) is 23.6. The van der Waals surface area contributed by atoms with Gasteiger partial charge in [-0.05, 0) is 78.4 Å². The lowest BCUT2D eigenvalue weighted by Gasteiger charge is -2.29. The van der Waals surface area contributed by atoms with Gasteiger partial charge in [0.25, 0.3) is 11.8 Å². The minimum absolute atomic E-state index is 0.0125. The van der Waals surface area contributed by atoms with E-state index in [-0.39, 0.29) is 18.5 Å². The highest BCUT2D eigenvalue weighted by Crippen LogP contribution is 2.44. The summed E-state index contributed by atoms with van der Waals surface area (Å²) in [5, 5.41) is 8.80. The highest BCUT2D eigenvalue weighted by molar-refractivity contribution is 6.08. The van der Waals surface area contributed by atoms with Crippen molar-refractivity contribution >= 4 is 29.6 Å². The highest BCUT2D eigenvalue weighted by atomic mass is 16.5. The summed E-state index contributed by atoms with van der Waals surface area (Å²) < 4.78 is 15.9. The largest absolute Gasteiger partial charge is 0.497 e. The topological polar surface area (TPSA) is 107 Å². The molecule has 2 amide bonds. The molecular weight excluding hydrogens is 534 g/mol. The van der Waals surface area contributed by atoms with Gasteiger partial charge in [-0.2, -0.15) is 5.10 Å². The number of nitrogens with zero attached hydrogens (tertiary/aromatic N) is 2. The Morgan fingerprint density at radius 1 is 0.929 bits per heavy atom. The summed E-state index contributed by atoms with van der Waals surface area (Å²) in [6.07, 6.45) is 4.77. The van der Waals surface area contributed by atoms with Crippen LogP contribution >= 0.6 is 0 Å². The van der Waals surface area contributed by atoms with Crippen LogP contribution in [0.25, 0.3) is 6.08 Å². The first-order chi connectivity index (χ1) is 20.5. The molecule has 1 fully saturated rings. The summed E-state index contributed by atoms with van der Waals surface area (Å²) in [5.41, 5.74) is 4.31. The fraction of sp³-hybridized carbons (Fsp3) is 0.273. The molecule has 2 aliphatic rings. The molecule has 1 saturated carbocycles. The number of fused-ring (bicyclic) bond motifs is 1. The molecule has 3 aromatic carbocycles.